The Bertz CT molecular complexity index is 2020. The third-order valence-corrected chi connectivity index (χ3v) is 9.11. The fraction of sp³-hybridized carbons (Fsp3) is 0.297. The molecule has 6 rings (SSSR count). The van der Waals surface area contributed by atoms with Crippen LogP contribution >= 0.6 is 0 Å². The molecule has 1 fully saturated rings. The Morgan fingerprint density at radius 1 is 1.00 bits per heavy atom. The first-order chi connectivity index (χ1) is 24.2. The number of amides is 2. The number of aryl methyl sites for hydroxylation is 1. The highest BCUT2D eigenvalue weighted by Gasteiger charge is 2.26. The lowest BCUT2D eigenvalue weighted by molar-refractivity contribution is 0.0681. The van der Waals surface area contributed by atoms with Gasteiger partial charge in [0.15, 0.2) is 5.69 Å². The molecule has 260 valence electrons. The highest BCUT2D eigenvalue weighted by Crippen LogP contribution is 2.29. The predicted molar refractivity (Wildman–Crippen MR) is 186 cm³/mol. The first-order valence-electron chi connectivity index (χ1n) is 16.5. The van der Waals surface area contributed by atoms with Crippen LogP contribution in [-0.4, -0.2) is 73.2 Å². The molecule has 6 N–H and O–H groups in total. The number of hydrogen-bond donors (Lipinski definition) is 6. The van der Waals surface area contributed by atoms with E-state index in [1.165, 1.54) is 12.1 Å². The van der Waals surface area contributed by atoms with Crippen molar-refractivity contribution in [3.63, 3.8) is 0 Å². The van der Waals surface area contributed by atoms with E-state index in [1.54, 1.807) is 42.1 Å². The highest BCUT2D eigenvalue weighted by molar-refractivity contribution is 5.92. The van der Waals surface area contributed by atoms with E-state index in [0.29, 0.717) is 65.7 Å². The Morgan fingerprint density at radius 2 is 1.76 bits per heavy atom. The highest BCUT2D eigenvalue weighted by atomic mass is 16.5. The summed E-state index contributed by atoms with van der Waals surface area (Å²) in [6.07, 6.45) is -0.358. The molecule has 0 spiro atoms. The predicted octanol–water partition coefficient (Wildman–Crippen LogP) is 4.08. The molecular weight excluding hydrogens is 640 g/mol. The molecule has 1 saturated heterocycles. The van der Waals surface area contributed by atoms with E-state index in [0.717, 1.165) is 24.0 Å². The average molecular weight is 681 g/mol. The smallest absolute Gasteiger partial charge is 0.405 e. The molecule has 1 aliphatic heterocycles. The van der Waals surface area contributed by atoms with Gasteiger partial charge in [-0.05, 0) is 72.3 Å². The SMILES string of the molecule is Cn1nc(C(=O)N2CCC(CNC[C@H](O)c3ccc(O)c4[nH]c(=O)ccc34)CC2)cc1COc1cccc([C@@H](NC(=O)O)c2ccccc2)c1. The van der Waals surface area contributed by atoms with Crippen LogP contribution in [-0.2, 0) is 13.7 Å². The Labute approximate surface area is 288 Å². The maximum atomic E-state index is 13.4. The number of rotatable bonds is 12. The van der Waals surface area contributed by atoms with Crippen molar-refractivity contribution in [1.82, 2.24) is 30.3 Å². The number of benzene rings is 3. The first kappa shape index (κ1) is 34.2. The number of fused-ring (bicyclic) bond motifs is 1. The molecule has 13 heteroatoms. The molecule has 0 radical (unpaired) electrons. The lowest BCUT2D eigenvalue weighted by Crippen LogP contribution is -2.41. The van der Waals surface area contributed by atoms with Gasteiger partial charge >= 0.3 is 6.09 Å². The van der Waals surface area contributed by atoms with Crippen LogP contribution in [0.4, 0.5) is 4.79 Å². The number of aromatic hydroxyl groups is 1. The number of aromatic nitrogens is 3. The number of phenolic OH excluding ortho intramolecular Hbond substituents is 1. The van der Waals surface area contributed by atoms with Crippen molar-refractivity contribution in [1.29, 1.82) is 0 Å². The van der Waals surface area contributed by atoms with Gasteiger partial charge in [-0.15, -0.1) is 0 Å². The number of carbonyl (C=O) groups excluding carboxylic acids is 1. The van der Waals surface area contributed by atoms with Crippen molar-refractivity contribution in [2.75, 3.05) is 26.2 Å². The number of likely N-dealkylation sites (tertiary alicyclic amines) is 1. The second kappa shape index (κ2) is 15.3. The molecule has 13 nitrogen and oxygen atoms in total. The van der Waals surface area contributed by atoms with Gasteiger partial charge in [0.2, 0.25) is 5.56 Å². The second-order valence-electron chi connectivity index (χ2n) is 12.5. The molecule has 3 heterocycles. The fourth-order valence-electron chi connectivity index (χ4n) is 6.40. The van der Waals surface area contributed by atoms with E-state index in [4.69, 9.17) is 4.74 Å². The zero-order valence-corrected chi connectivity index (χ0v) is 27.6. The van der Waals surface area contributed by atoms with Crippen molar-refractivity contribution in [2.24, 2.45) is 13.0 Å². The number of H-pyrrole nitrogens is 1. The van der Waals surface area contributed by atoms with Crippen molar-refractivity contribution in [3.05, 3.63) is 123 Å². The molecule has 2 amide bonds. The minimum atomic E-state index is -1.13. The monoisotopic (exact) mass is 680 g/mol. The van der Waals surface area contributed by atoms with Gasteiger partial charge in [0, 0.05) is 38.1 Å². The van der Waals surface area contributed by atoms with Gasteiger partial charge in [0.1, 0.15) is 18.1 Å². The summed E-state index contributed by atoms with van der Waals surface area (Å²) in [5.41, 5.74) is 3.18. The summed E-state index contributed by atoms with van der Waals surface area (Å²) in [5, 5.41) is 41.4. The molecule has 0 unspecified atom stereocenters. The molecule has 50 heavy (non-hydrogen) atoms. The van der Waals surface area contributed by atoms with Gasteiger partial charge in [0.25, 0.3) is 5.91 Å². The molecule has 2 aromatic heterocycles. The molecular formula is C37H40N6O7. The van der Waals surface area contributed by atoms with E-state index in [-0.39, 0.29) is 23.8 Å². The van der Waals surface area contributed by atoms with Crippen LogP contribution in [0.1, 0.15) is 57.9 Å². The Morgan fingerprint density at radius 3 is 2.52 bits per heavy atom. The van der Waals surface area contributed by atoms with E-state index < -0.39 is 18.2 Å². The molecule has 2 atom stereocenters. The number of phenols is 1. The minimum Gasteiger partial charge on any atom is -0.506 e. The normalized spacial score (nSPS) is 14.7. The van der Waals surface area contributed by atoms with Crippen LogP contribution in [0, 0.1) is 5.92 Å². The lowest BCUT2D eigenvalue weighted by atomic mass is 9.96. The van der Waals surface area contributed by atoms with Gasteiger partial charge in [-0.3, -0.25) is 14.3 Å². The number of aliphatic hydroxyl groups is 1. The van der Waals surface area contributed by atoms with E-state index in [2.05, 4.69) is 20.7 Å². The van der Waals surface area contributed by atoms with Crippen LogP contribution in [0.3, 0.4) is 0 Å². The Kier molecular flexibility index (Phi) is 10.4. The number of nitrogens with zero attached hydrogens (tertiary/aromatic N) is 3. The Balaban J connectivity index is 0.994. The van der Waals surface area contributed by atoms with Gasteiger partial charge in [-0.1, -0.05) is 48.5 Å². The summed E-state index contributed by atoms with van der Waals surface area (Å²) in [6, 6.07) is 23.8. The molecule has 5 aromatic rings. The molecule has 0 saturated carbocycles. The van der Waals surface area contributed by atoms with Gasteiger partial charge < -0.3 is 40.6 Å². The van der Waals surface area contributed by atoms with Crippen LogP contribution in [0.5, 0.6) is 11.5 Å². The number of piperidine rings is 1. The van der Waals surface area contributed by atoms with Gasteiger partial charge in [-0.2, -0.15) is 5.10 Å². The summed E-state index contributed by atoms with van der Waals surface area (Å²) in [7, 11) is 1.76. The summed E-state index contributed by atoms with van der Waals surface area (Å²) in [6.45, 7) is 2.32. The number of carboxylic acid groups (broad SMARTS) is 1. The molecule has 3 aromatic carbocycles. The zero-order chi connectivity index (χ0) is 35.2. The number of carbonyl (C=O) groups is 2. The molecule has 0 aliphatic carbocycles. The topological polar surface area (TPSA) is 182 Å². The van der Waals surface area contributed by atoms with Gasteiger partial charge in [-0.25, -0.2) is 4.79 Å². The van der Waals surface area contributed by atoms with E-state index in [9.17, 15) is 29.7 Å². The largest absolute Gasteiger partial charge is 0.506 e. The third kappa shape index (κ3) is 7.96. The van der Waals surface area contributed by atoms with Crippen LogP contribution < -0.4 is 20.9 Å². The van der Waals surface area contributed by atoms with Crippen molar-refractivity contribution < 1.29 is 29.6 Å². The Hall–Kier alpha value is -5.66. The lowest BCUT2D eigenvalue weighted by Gasteiger charge is -2.32. The van der Waals surface area contributed by atoms with Crippen LogP contribution in [0.25, 0.3) is 10.9 Å². The average Bonchev–Trinajstić information content (AvgIpc) is 3.50. The number of nitrogens with one attached hydrogen (secondary N) is 3. The minimum absolute atomic E-state index is 0.0504. The second-order valence-corrected chi connectivity index (χ2v) is 12.5. The van der Waals surface area contributed by atoms with E-state index >= 15 is 0 Å². The standard InChI is InChI=1S/C37H40N6O7/c1-42-26(22-50-27-9-5-8-25(18-27)34(40-37(48)49)24-6-3-2-4-7-24)19-30(41-42)36(47)43-16-14-23(15-17-43)20-38-21-32(45)28-10-12-31(44)35-29(28)11-13-33(46)39-35/h2-13,18-19,23,32,34,38,40,44-45H,14-17,20-22H2,1H3,(H,39,46)(H,48,49)/t32-,34-/m0/s1. The van der Waals surface area contributed by atoms with E-state index in [1.807, 2.05) is 47.4 Å². The van der Waals surface area contributed by atoms with Crippen molar-refractivity contribution >= 4 is 22.9 Å². The maximum absolute atomic E-state index is 13.4. The summed E-state index contributed by atoms with van der Waals surface area (Å²) in [5.74, 6) is 0.694. The number of aromatic amines is 1. The number of pyridine rings is 1. The number of ether oxygens (including phenoxy) is 1. The summed E-state index contributed by atoms with van der Waals surface area (Å²) < 4.78 is 7.69. The third-order valence-electron chi connectivity index (χ3n) is 9.11. The quantitative estimate of drug-likeness (QED) is 0.113. The zero-order valence-electron chi connectivity index (χ0n) is 27.6. The summed E-state index contributed by atoms with van der Waals surface area (Å²) in [4.78, 5) is 41.0. The summed E-state index contributed by atoms with van der Waals surface area (Å²) >= 11 is 0. The molecule has 0 bridgehead atoms. The van der Waals surface area contributed by atoms with Crippen LogP contribution in [0.2, 0.25) is 0 Å². The van der Waals surface area contributed by atoms with Crippen molar-refractivity contribution in [2.45, 2.75) is 31.6 Å². The molecule has 1 aliphatic rings. The van der Waals surface area contributed by atoms with Crippen molar-refractivity contribution in [3.8, 4) is 11.5 Å². The number of aliphatic hydroxyl groups excluding tert-OH is 1. The fourth-order valence-corrected chi connectivity index (χ4v) is 6.40. The van der Waals surface area contributed by atoms with Crippen LogP contribution in [0.15, 0.2) is 89.7 Å². The number of hydrogen-bond acceptors (Lipinski definition) is 8. The maximum Gasteiger partial charge on any atom is 0.405 e. The van der Waals surface area contributed by atoms with Gasteiger partial charge in [0.05, 0.1) is 23.4 Å². The first-order valence-corrected chi connectivity index (χ1v) is 16.5.